The number of hydrogen-bond donors (Lipinski definition) is 2. The highest BCUT2D eigenvalue weighted by Crippen LogP contribution is 2.28. The monoisotopic (exact) mass is 383 g/mol. The standard InChI is InChI=1S/C14H29N3O.HI/c1-12(2)7-9-17-14(15-3)16-8-4-10-18-11-13-5-6-13;/h12-13H,4-11H2,1-3H3,(H2,15,16,17);1H. The molecule has 0 aromatic rings. The molecule has 0 aromatic carbocycles. The van der Waals surface area contributed by atoms with Crippen molar-refractivity contribution in [1.29, 1.82) is 0 Å². The zero-order chi connectivity index (χ0) is 13.2. The number of nitrogens with one attached hydrogen (secondary N) is 2. The fourth-order valence-corrected chi connectivity index (χ4v) is 1.62. The predicted octanol–water partition coefficient (Wildman–Crippen LogP) is 2.63. The molecule has 0 aliphatic heterocycles. The molecule has 5 heteroatoms. The minimum Gasteiger partial charge on any atom is -0.381 e. The Labute approximate surface area is 135 Å². The lowest BCUT2D eigenvalue weighted by molar-refractivity contribution is 0.123. The van der Waals surface area contributed by atoms with E-state index in [1.165, 1.54) is 19.3 Å². The van der Waals surface area contributed by atoms with Crippen LogP contribution in [0.15, 0.2) is 4.99 Å². The van der Waals surface area contributed by atoms with Crippen molar-refractivity contribution in [2.24, 2.45) is 16.8 Å². The van der Waals surface area contributed by atoms with Gasteiger partial charge in [-0.05, 0) is 37.5 Å². The molecule has 0 unspecified atom stereocenters. The Morgan fingerprint density at radius 2 is 1.95 bits per heavy atom. The van der Waals surface area contributed by atoms with Gasteiger partial charge in [0.2, 0.25) is 0 Å². The van der Waals surface area contributed by atoms with Crippen LogP contribution in [0.2, 0.25) is 0 Å². The van der Waals surface area contributed by atoms with E-state index in [0.717, 1.165) is 50.5 Å². The van der Waals surface area contributed by atoms with Crippen LogP contribution >= 0.6 is 24.0 Å². The van der Waals surface area contributed by atoms with E-state index in [-0.39, 0.29) is 24.0 Å². The quantitative estimate of drug-likeness (QED) is 0.279. The van der Waals surface area contributed by atoms with Crippen molar-refractivity contribution in [2.45, 2.75) is 39.5 Å². The second-order valence-corrected chi connectivity index (χ2v) is 5.48. The van der Waals surface area contributed by atoms with Gasteiger partial charge in [-0.25, -0.2) is 0 Å². The van der Waals surface area contributed by atoms with Gasteiger partial charge in [0.05, 0.1) is 0 Å². The van der Waals surface area contributed by atoms with E-state index in [4.69, 9.17) is 4.74 Å². The normalized spacial score (nSPS) is 15.3. The van der Waals surface area contributed by atoms with Crippen LogP contribution in [-0.2, 0) is 4.74 Å². The molecule has 0 amide bonds. The maximum absolute atomic E-state index is 5.59. The highest BCUT2D eigenvalue weighted by Gasteiger charge is 2.20. The average Bonchev–Trinajstić information content (AvgIpc) is 3.14. The molecule has 1 aliphatic rings. The summed E-state index contributed by atoms with van der Waals surface area (Å²) in [5, 5.41) is 6.62. The second kappa shape index (κ2) is 11.8. The molecule has 0 radical (unpaired) electrons. The second-order valence-electron chi connectivity index (χ2n) is 5.48. The first kappa shape index (κ1) is 19.0. The molecule has 2 N–H and O–H groups in total. The Morgan fingerprint density at radius 1 is 1.26 bits per heavy atom. The molecule has 0 aromatic heterocycles. The number of rotatable bonds is 9. The fraction of sp³-hybridized carbons (Fsp3) is 0.929. The number of nitrogens with zero attached hydrogens (tertiary/aromatic N) is 1. The van der Waals surface area contributed by atoms with E-state index in [1.807, 2.05) is 7.05 Å². The van der Waals surface area contributed by atoms with Crippen LogP contribution in [0.1, 0.15) is 39.5 Å². The Kier molecular flexibility index (Phi) is 11.7. The maximum atomic E-state index is 5.59. The van der Waals surface area contributed by atoms with E-state index in [9.17, 15) is 0 Å². The molecule has 0 spiro atoms. The van der Waals surface area contributed by atoms with Crippen LogP contribution in [0.25, 0.3) is 0 Å². The molecule has 1 saturated carbocycles. The lowest BCUT2D eigenvalue weighted by Crippen LogP contribution is -2.38. The smallest absolute Gasteiger partial charge is 0.190 e. The molecule has 0 atom stereocenters. The van der Waals surface area contributed by atoms with Crippen molar-refractivity contribution < 1.29 is 4.74 Å². The zero-order valence-electron chi connectivity index (χ0n) is 12.6. The molecule has 0 saturated heterocycles. The summed E-state index contributed by atoms with van der Waals surface area (Å²) < 4.78 is 5.59. The van der Waals surface area contributed by atoms with Crippen molar-refractivity contribution in [2.75, 3.05) is 33.4 Å². The Balaban J connectivity index is 0.00000324. The van der Waals surface area contributed by atoms with Crippen molar-refractivity contribution in [3.05, 3.63) is 0 Å². The summed E-state index contributed by atoms with van der Waals surface area (Å²) in [5.74, 6) is 2.49. The summed E-state index contributed by atoms with van der Waals surface area (Å²) in [5.41, 5.74) is 0. The van der Waals surface area contributed by atoms with Gasteiger partial charge in [-0.15, -0.1) is 24.0 Å². The van der Waals surface area contributed by atoms with Gasteiger partial charge in [0, 0.05) is 33.4 Å². The van der Waals surface area contributed by atoms with Crippen LogP contribution < -0.4 is 10.6 Å². The first-order chi connectivity index (χ1) is 8.72. The van der Waals surface area contributed by atoms with Crippen LogP contribution in [-0.4, -0.2) is 39.3 Å². The van der Waals surface area contributed by atoms with Crippen molar-refractivity contribution >= 4 is 29.9 Å². The predicted molar refractivity (Wildman–Crippen MR) is 92.4 cm³/mol. The van der Waals surface area contributed by atoms with Gasteiger partial charge in [0.25, 0.3) is 0 Å². The van der Waals surface area contributed by atoms with E-state index in [2.05, 4.69) is 29.5 Å². The molecule has 114 valence electrons. The van der Waals surface area contributed by atoms with E-state index in [0.29, 0.717) is 0 Å². The van der Waals surface area contributed by atoms with Gasteiger partial charge in [-0.3, -0.25) is 4.99 Å². The number of hydrogen-bond acceptors (Lipinski definition) is 2. The van der Waals surface area contributed by atoms with Gasteiger partial charge < -0.3 is 15.4 Å². The molecular weight excluding hydrogens is 353 g/mol. The zero-order valence-corrected chi connectivity index (χ0v) is 14.9. The Bertz CT molecular complexity index is 243. The third-order valence-electron chi connectivity index (χ3n) is 3.05. The van der Waals surface area contributed by atoms with Crippen LogP contribution in [0, 0.1) is 11.8 Å². The number of ether oxygens (including phenoxy) is 1. The van der Waals surface area contributed by atoms with Crippen molar-refractivity contribution in [3.63, 3.8) is 0 Å². The first-order valence-electron chi connectivity index (χ1n) is 7.24. The summed E-state index contributed by atoms with van der Waals surface area (Å²) in [6, 6.07) is 0. The summed E-state index contributed by atoms with van der Waals surface area (Å²) >= 11 is 0. The maximum Gasteiger partial charge on any atom is 0.190 e. The number of aliphatic imine (C=N–C) groups is 1. The minimum absolute atomic E-state index is 0. The summed E-state index contributed by atoms with van der Waals surface area (Å²) in [6.07, 6.45) is 4.94. The third kappa shape index (κ3) is 11.5. The summed E-state index contributed by atoms with van der Waals surface area (Å²) in [6.45, 7) is 8.18. The third-order valence-corrected chi connectivity index (χ3v) is 3.05. The van der Waals surface area contributed by atoms with Gasteiger partial charge in [0.1, 0.15) is 0 Å². The lowest BCUT2D eigenvalue weighted by atomic mass is 10.1. The minimum atomic E-state index is 0. The van der Waals surface area contributed by atoms with Gasteiger partial charge >= 0.3 is 0 Å². The number of guanidine groups is 1. The summed E-state index contributed by atoms with van der Waals surface area (Å²) in [7, 11) is 1.81. The van der Waals surface area contributed by atoms with Crippen LogP contribution in [0.5, 0.6) is 0 Å². The fourth-order valence-electron chi connectivity index (χ4n) is 1.62. The van der Waals surface area contributed by atoms with Crippen LogP contribution in [0.4, 0.5) is 0 Å². The molecule has 4 nitrogen and oxygen atoms in total. The SMILES string of the molecule is CN=C(NCCCOCC1CC1)NCCC(C)C.I. The van der Waals surface area contributed by atoms with E-state index < -0.39 is 0 Å². The molecule has 1 aliphatic carbocycles. The molecule has 0 heterocycles. The Morgan fingerprint density at radius 3 is 2.53 bits per heavy atom. The molecular formula is C14H30IN3O. The highest BCUT2D eigenvalue weighted by molar-refractivity contribution is 14.0. The van der Waals surface area contributed by atoms with Gasteiger partial charge in [-0.1, -0.05) is 13.8 Å². The van der Waals surface area contributed by atoms with Crippen LogP contribution in [0.3, 0.4) is 0 Å². The van der Waals surface area contributed by atoms with E-state index in [1.54, 1.807) is 0 Å². The molecule has 0 bridgehead atoms. The topological polar surface area (TPSA) is 45.7 Å². The molecule has 1 fully saturated rings. The molecule has 1 rings (SSSR count). The Hall–Kier alpha value is -0.0400. The summed E-state index contributed by atoms with van der Waals surface area (Å²) in [4.78, 5) is 4.19. The largest absolute Gasteiger partial charge is 0.381 e. The van der Waals surface area contributed by atoms with Gasteiger partial charge in [-0.2, -0.15) is 0 Å². The highest BCUT2D eigenvalue weighted by atomic mass is 127. The average molecular weight is 383 g/mol. The van der Waals surface area contributed by atoms with Gasteiger partial charge in [0.15, 0.2) is 5.96 Å². The van der Waals surface area contributed by atoms with Crippen molar-refractivity contribution in [3.8, 4) is 0 Å². The number of halogens is 1. The molecule has 19 heavy (non-hydrogen) atoms. The van der Waals surface area contributed by atoms with Crippen molar-refractivity contribution in [1.82, 2.24) is 10.6 Å². The van der Waals surface area contributed by atoms with E-state index >= 15 is 0 Å². The lowest BCUT2D eigenvalue weighted by Gasteiger charge is -2.12. The first-order valence-corrected chi connectivity index (χ1v) is 7.24.